The molecule has 4 heteroatoms. The summed E-state index contributed by atoms with van der Waals surface area (Å²) in [4.78, 5) is 0. The van der Waals surface area contributed by atoms with Gasteiger partial charge in [0, 0.05) is 0 Å². The lowest BCUT2D eigenvalue weighted by atomic mass is 9.73. The number of benzene rings is 1. The lowest BCUT2D eigenvalue weighted by Gasteiger charge is -2.32. The predicted octanol–water partition coefficient (Wildman–Crippen LogP) is 4.36. The van der Waals surface area contributed by atoms with E-state index in [4.69, 9.17) is 9.31 Å². The first-order valence-corrected chi connectivity index (χ1v) is 8.50. The van der Waals surface area contributed by atoms with Crippen LogP contribution in [0.15, 0.2) is 36.4 Å². The number of unbranched alkanes of at least 4 members (excludes halogenated alkanes) is 1. The van der Waals surface area contributed by atoms with E-state index < -0.39 is 0 Å². The van der Waals surface area contributed by atoms with Gasteiger partial charge in [-0.3, -0.25) is 0 Å². The number of allylic oxidation sites excluding steroid dienone is 1. The van der Waals surface area contributed by atoms with Gasteiger partial charge in [-0.25, -0.2) is 0 Å². The van der Waals surface area contributed by atoms with E-state index in [1.54, 1.807) is 0 Å². The Labute approximate surface area is 131 Å². The number of hydrogen-bond acceptors (Lipinski definition) is 2. The van der Waals surface area contributed by atoms with Crippen LogP contribution in [0.3, 0.4) is 0 Å². The summed E-state index contributed by atoms with van der Waals surface area (Å²) in [6, 6.07) is 10.4. The zero-order chi connectivity index (χ0) is 15.5. The van der Waals surface area contributed by atoms with E-state index in [0.717, 1.165) is 24.5 Å². The SMILES string of the molecule is CC1(C)OB(/C(=C/CCCP)c2ccccc2)OC1(C)C. The zero-order valence-electron chi connectivity index (χ0n) is 13.6. The van der Waals surface area contributed by atoms with Gasteiger partial charge in [0.05, 0.1) is 11.2 Å². The smallest absolute Gasteiger partial charge is 0.399 e. The molecule has 114 valence electrons. The maximum absolute atomic E-state index is 6.22. The van der Waals surface area contributed by atoms with E-state index >= 15 is 0 Å². The highest BCUT2D eigenvalue weighted by atomic mass is 31.0. The fourth-order valence-corrected chi connectivity index (χ4v) is 2.56. The summed E-state index contributed by atoms with van der Waals surface area (Å²) < 4.78 is 12.4. The molecule has 21 heavy (non-hydrogen) atoms. The van der Waals surface area contributed by atoms with Crippen molar-refractivity contribution in [3.8, 4) is 0 Å². The molecule has 1 aliphatic heterocycles. The average molecular weight is 304 g/mol. The van der Waals surface area contributed by atoms with Crippen LogP contribution in [0.25, 0.3) is 5.47 Å². The van der Waals surface area contributed by atoms with E-state index in [0.29, 0.717) is 0 Å². The van der Waals surface area contributed by atoms with Crippen molar-refractivity contribution < 1.29 is 9.31 Å². The van der Waals surface area contributed by atoms with Crippen molar-refractivity contribution >= 4 is 21.8 Å². The second kappa shape index (κ2) is 6.65. The van der Waals surface area contributed by atoms with Crippen LogP contribution in [-0.4, -0.2) is 24.5 Å². The van der Waals surface area contributed by atoms with Crippen LogP contribution in [0.1, 0.15) is 46.1 Å². The van der Waals surface area contributed by atoms with Gasteiger partial charge in [0.25, 0.3) is 0 Å². The van der Waals surface area contributed by atoms with E-state index in [-0.39, 0.29) is 18.3 Å². The van der Waals surface area contributed by atoms with Crippen molar-refractivity contribution in [3.05, 3.63) is 42.0 Å². The predicted molar refractivity (Wildman–Crippen MR) is 94.3 cm³/mol. The third kappa shape index (κ3) is 3.77. The fraction of sp³-hybridized carbons (Fsp3) is 0.529. The van der Waals surface area contributed by atoms with Gasteiger partial charge in [-0.2, -0.15) is 0 Å². The lowest BCUT2D eigenvalue weighted by Crippen LogP contribution is -2.41. The standard InChI is InChI=1S/C17H26BO2P/c1-16(2)17(3,4)20-18(19-16)15(12-8-9-13-21)14-10-6-5-7-11-14/h5-7,10-12H,8-9,13,21H2,1-4H3/b15-12+. The minimum atomic E-state index is -0.299. The lowest BCUT2D eigenvalue weighted by molar-refractivity contribution is 0.00578. The molecule has 0 amide bonds. The summed E-state index contributed by atoms with van der Waals surface area (Å²) >= 11 is 0. The second-order valence-electron chi connectivity index (χ2n) is 6.54. The summed E-state index contributed by atoms with van der Waals surface area (Å²) in [7, 11) is 2.49. The Balaban J connectivity index is 2.28. The largest absolute Gasteiger partial charge is 0.495 e. The average Bonchev–Trinajstić information content (AvgIpc) is 2.64. The van der Waals surface area contributed by atoms with Gasteiger partial charge >= 0.3 is 7.12 Å². The maximum Gasteiger partial charge on any atom is 0.495 e. The van der Waals surface area contributed by atoms with Gasteiger partial charge in [-0.15, -0.1) is 9.24 Å². The molecule has 2 rings (SSSR count). The highest BCUT2D eigenvalue weighted by molar-refractivity contribution is 7.16. The normalized spacial score (nSPS) is 20.8. The molecule has 0 radical (unpaired) electrons. The molecule has 1 heterocycles. The monoisotopic (exact) mass is 304 g/mol. The van der Waals surface area contributed by atoms with Gasteiger partial charge in [-0.05, 0) is 57.7 Å². The Kier molecular flexibility index (Phi) is 5.30. The molecule has 1 fully saturated rings. The first-order valence-electron chi connectivity index (χ1n) is 7.68. The molecular weight excluding hydrogens is 278 g/mol. The van der Waals surface area contributed by atoms with Gasteiger partial charge in [-0.1, -0.05) is 36.4 Å². The molecule has 0 N–H and O–H groups in total. The van der Waals surface area contributed by atoms with Crippen LogP contribution < -0.4 is 0 Å². The van der Waals surface area contributed by atoms with Gasteiger partial charge in [0.2, 0.25) is 0 Å². The van der Waals surface area contributed by atoms with Crippen molar-refractivity contribution in [2.45, 2.75) is 51.7 Å². The summed E-state index contributed by atoms with van der Waals surface area (Å²) in [5.41, 5.74) is 1.73. The summed E-state index contributed by atoms with van der Waals surface area (Å²) in [5, 5.41) is 0. The van der Waals surface area contributed by atoms with Crippen molar-refractivity contribution in [1.82, 2.24) is 0 Å². The van der Waals surface area contributed by atoms with Crippen LogP contribution in [-0.2, 0) is 9.31 Å². The van der Waals surface area contributed by atoms with Crippen LogP contribution in [0.2, 0.25) is 0 Å². The third-order valence-corrected chi connectivity index (χ3v) is 4.80. The highest BCUT2D eigenvalue weighted by Gasteiger charge is 2.52. The fourth-order valence-electron chi connectivity index (χ4n) is 2.33. The van der Waals surface area contributed by atoms with Crippen molar-refractivity contribution in [2.24, 2.45) is 0 Å². The molecule has 1 saturated heterocycles. The van der Waals surface area contributed by atoms with E-state index in [1.807, 2.05) is 6.07 Å². The molecule has 0 aliphatic carbocycles. The number of rotatable bonds is 5. The van der Waals surface area contributed by atoms with E-state index in [2.05, 4.69) is 67.3 Å². The molecule has 1 unspecified atom stereocenters. The Morgan fingerprint density at radius 1 is 1.10 bits per heavy atom. The van der Waals surface area contributed by atoms with Gasteiger partial charge < -0.3 is 9.31 Å². The minimum Gasteiger partial charge on any atom is -0.399 e. The summed E-state index contributed by atoms with van der Waals surface area (Å²) in [6.07, 6.45) is 5.57. The van der Waals surface area contributed by atoms with E-state index in [9.17, 15) is 0 Å². The van der Waals surface area contributed by atoms with Crippen LogP contribution in [0.4, 0.5) is 0 Å². The van der Waals surface area contributed by atoms with Gasteiger partial charge in [0.15, 0.2) is 0 Å². The van der Waals surface area contributed by atoms with Crippen LogP contribution in [0, 0.1) is 0 Å². The first kappa shape index (κ1) is 16.7. The second-order valence-corrected chi connectivity index (χ2v) is 7.12. The molecule has 0 aromatic heterocycles. The van der Waals surface area contributed by atoms with Crippen molar-refractivity contribution in [2.75, 3.05) is 6.16 Å². The molecule has 0 saturated carbocycles. The third-order valence-electron chi connectivity index (χ3n) is 4.39. The molecule has 2 nitrogen and oxygen atoms in total. The maximum atomic E-state index is 6.22. The first-order chi connectivity index (χ1) is 9.87. The van der Waals surface area contributed by atoms with E-state index in [1.165, 1.54) is 5.56 Å². The van der Waals surface area contributed by atoms with Crippen LogP contribution >= 0.6 is 9.24 Å². The highest BCUT2D eigenvalue weighted by Crippen LogP contribution is 2.40. The summed E-state index contributed by atoms with van der Waals surface area (Å²) in [6.45, 7) is 8.38. The molecule has 0 spiro atoms. The molecule has 1 aliphatic rings. The quantitative estimate of drug-likeness (QED) is 0.457. The Hall–Kier alpha value is -0.625. The molecule has 1 aromatic rings. The Morgan fingerprint density at radius 3 is 2.19 bits per heavy atom. The zero-order valence-corrected chi connectivity index (χ0v) is 14.7. The van der Waals surface area contributed by atoms with Crippen LogP contribution in [0.5, 0.6) is 0 Å². The molecule has 1 aromatic carbocycles. The van der Waals surface area contributed by atoms with Gasteiger partial charge in [0.1, 0.15) is 0 Å². The van der Waals surface area contributed by atoms with Crippen molar-refractivity contribution in [1.29, 1.82) is 0 Å². The molecular formula is C17H26BO2P. The molecule has 0 bridgehead atoms. The topological polar surface area (TPSA) is 18.5 Å². The Bertz CT molecular complexity index is 481. The Morgan fingerprint density at radius 2 is 1.67 bits per heavy atom. The minimum absolute atomic E-state index is 0.290. The molecule has 1 atom stereocenters. The summed E-state index contributed by atoms with van der Waals surface area (Å²) in [5.74, 6) is 0. The number of hydrogen-bond donors (Lipinski definition) is 0. The van der Waals surface area contributed by atoms with Crippen molar-refractivity contribution in [3.63, 3.8) is 0 Å².